The Morgan fingerprint density at radius 3 is 2.33 bits per heavy atom. The SMILES string of the molecule is CCC(C)S(=O)C(CC)CC#N. The van der Waals surface area contributed by atoms with Gasteiger partial charge in [-0.1, -0.05) is 20.8 Å². The molecule has 0 spiro atoms. The lowest BCUT2D eigenvalue weighted by Crippen LogP contribution is -2.22. The predicted octanol–water partition coefficient (Wildman–Crippen LogP) is 2.23. The van der Waals surface area contributed by atoms with Crippen molar-refractivity contribution in [3.8, 4) is 6.07 Å². The second kappa shape index (κ2) is 6.19. The summed E-state index contributed by atoms with van der Waals surface area (Å²) in [6.45, 7) is 6.00. The molecule has 0 aromatic heterocycles. The van der Waals surface area contributed by atoms with E-state index in [0.29, 0.717) is 6.42 Å². The average molecular weight is 187 g/mol. The van der Waals surface area contributed by atoms with E-state index in [-0.39, 0.29) is 10.5 Å². The fraction of sp³-hybridized carbons (Fsp3) is 0.889. The molecular weight excluding hydrogens is 170 g/mol. The second-order valence-corrected chi connectivity index (χ2v) is 5.07. The van der Waals surface area contributed by atoms with E-state index < -0.39 is 10.8 Å². The molecule has 3 unspecified atom stereocenters. The predicted molar refractivity (Wildman–Crippen MR) is 52.2 cm³/mol. The maximum atomic E-state index is 11.7. The van der Waals surface area contributed by atoms with Crippen LogP contribution in [-0.4, -0.2) is 14.7 Å². The molecule has 0 aromatic rings. The molecule has 0 aromatic carbocycles. The van der Waals surface area contributed by atoms with Gasteiger partial charge in [0.25, 0.3) is 0 Å². The zero-order chi connectivity index (χ0) is 9.56. The molecule has 3 heteroatoms. The van der Waals surface area contributed by atoms with Gasteiger partial charge in [0.2, 0.25) is 0 Å². The van der Waals surface area contributed by atoms with Crippen LogP contribution in [0.5, 0.6) is 0 Å². The Balaban J connectivity index is 4.13. The average Bonchev–Trinajstić information content (AvgIpc) is 2.11. The van der Waals surface area contributed by atoms with E-state index in [9.17, 15) is 4.21 Å². The van der Waals surface area contributed by atoms with Gasteiger partial charge >= 0.3 is 0 Å². The summed E-state index contributed by atoms with van der Waals surface area (Å²) in [6.07, 6.45) is 2.19. The van der Waals surface area contributed by atoms with Gasteiger partial charge in [0, 0.05) is 27.7 Å². The van der Waals surface area contributed by atoms with Crippen LogP contribution in [0.2, 0.25) is 0 Å². The summed E-state index contributed by atoms with van der Waals surface area (Å²) in [6, 6.07) is 2.09. The van der Waals surface area contributed by atoms with Crippen molar-refractivity contribution < 1.29 is 4.21 Å². The van der Waals surface area contributed by atoms with Gasteiger partial charge < -0.3 is 0 Å². The second-order valence-electron chi connectivity index (χ2n) is 2.94. The van der Waals surface area contributed by atoms with Crippen LogP contribution in [-0.2, 0) is 10.8 Å². The Hall–Kier alpha value is -0.360. The van der Waals surface area contributed by atoms with E-state index in [2.05, 4.69) is 6.07 Å². The van der Waals surface area contributed by atoms with Crippen molar-refractivity contribution in [1.82, 2.24) is 0 Å². The number of rotatable bonds is 5. The van der Waals surface area contributed by atoms with Crippen LogP contribution >= 0.6 is 0 Å². The van der Waals surface area contributed by atoms with Crippen molar-refractivity contribution in [3.63, 3.8) is 0 Å². The minimum atomic E-state index is -0.825. The fourth-order valence-electron chi connectivity index (χ4n) is 0.985. The van der Waals surface area contributed by atoms with E-state index in [4.69, 9.17) is 5.26 Å². The zero-order valence-corrected chi connectivity index (χ0v) is 8.86. The summed E-state index contributed by atoms with van der Waals surface area (Å²) in [4.78, 5) is 0. The quantitative estimate of drug-likeness (QED) is 0.662. The number of hydrogen-bond donors (Lipinski definition) is 0. The van der Waals surface area contributed by atoms with Crippen LogP contribution in [0.3, 0.4) is 0 Å². The molecule has 12 heavy (non-hydrogen) atoms. The molecule has 0 aliphatic heterocycles. The van der Waals surface area contributed by atoms with E-state index in [1.54, 1.807) is 0 Å². The molecule has 0 fully saturated rings. The van der Waals surface area contributed by atoms with E-state index in [0.717, 1.165) is 12.8 Å². The highest BCUT2D eigenvalue weighted by Gasteiger charge is 2.18. The number of nitriles is 1. The Morgan fingerprint density at radius 1 is 1.42 bits per heavy atom. The van der Waals surface area contributed by atoms with Crippen LogP contribution in [0.4, 0.5) is 0 Å². The first kappa shape index (κ1) is 11.6. The standard InChI is InChI=1S/C9H17NOS/c1-4-8(3)12(11)9(5-2)6-7-10/h8-9H,4-6H2,1-3H3. The minimum absolute atomic E-state index is 0.0740. The Labute approximate surface area is 77.4 Å². The summed E-state index contributed by atoms with van der Waals surface area (Å²) in [7, 11) is -0.825. The Bertz CT molecular complexity index is 185. The Morgan fingerprint density at radius 2 is 2.00 bits per heavy atom. The van der Waals surface area contributed by atoms with Crippen LogP contribution in [0.15, 0.2) is 0 Å². The van der Waals surface area contributed by atoms with Crippen LogP contribution in [0.25, 0.3) is 0 Å². The van der Waals surface area contributed by atoms with E-state index in [1.807, 2.05) is 20.8 Å². The molecule has 0 N–H and O–H groups in total. The summed E-state index contributed by atoms with van der Waals surface area (Å²) in [5, 5.41) is 8.79. The summed E-state index contributed by atoms with van der Waals surface area (Å²) >= 11 is 0. The fourth-order valence-corrected chi connectivity index (χ4v) is 2.54. The molecule has 3 atom stereocenters. The van der Waals surface area contributed by atoms with Gasteiger partial charge in [0.1, 0.15) is 0 Å². The summed E-state index contributed by atoms with van der Waals surface area (Å²) in [5.74, 6) is 0. The first-order valence-electron chi connectivity index (χ1n) is 4.43. The molecule has 0 rings (SSSR count). The molecule has 0 heterocycles. The third kappa shape index (κ3) is 3.36. The molecule has 70 valence electrons. The maximum absolute atomic E-state index is 11.7. The van der Waals surface area contributed by atoms with Crippen molar-refractivity contribution >= 4 is 10.8 Å². The highest BCUT2D eigenvalue weighted by Crippen LogP contribution is 2.13. The maximum Gasteiger partial charge on any atom is 0.0634 e. The van der Waals surface area contributed by atoms with Crippen molar-refractivity contribution in [2.45, 2.75) is 50.5 Å². The summed E-state index contributed by atoms with van der Waals surface area (Å²) < 4.78 is 11.7. The van der Waals surface area contributed by atoms with Gasteiger partial charge in [-0.3, -0.25) is 4.21 Å². The van der Waals surface area contributed by atoms with Crippen LogP contribution in [0, 0.1) is 11.3 Å². The third-order valence-electron chi connectivity index (χ3n) is 2.07. The molecule has 0 amide bonds. The van der Waals surface area contributed by atoms with Crippen LogP contribution in [0.1, 0.15) is 40.0 Å². The molecule has 0 bridgehead atoms. The van der Waals surface area contributed by atoms with Crippen molar-refractivity contribution in [2.75, 3.05) is 0 Å². The van der Waals surface area contributed by atoms with E-state index in [1.165, 1.54) is 0 Å². The zero-order valence-electron chi connectivity index (χ0n) is 8.04. The normalized spacial score (nSPS) is 17.8. The molecule has 0 saturated carbocycles. The van der Waals surface area contributed by atoms with Crippen molar-refractivity contribution in [2.24, 2.45) is 0 Å². The molecule has 0 aliphatic rings. The lowest BCUT2D eigenvalue weighted by atomic mass is 10.3. The van der Waals surface area contributed by atoms with E-state index >= 15 is 0 Å². The molecule has 2 nitrogen and oxygen atoms in total. The van der Waals surface area contributed by atoms with Gasteiger partial charge in [-0.2, -0.15) is 5.26 Å². The first-order chi connectivity index (χ1) is 5.67. The number of hydrogen-bond acceptors (Lipinski definition) is 2. The topological polar surface area (TPSA) is 40.9 Å². The lowest BCUT2D eigenvalue weighted by Gasteiger charge is -2.15. The molecule has 0 radical (unpaired) electrons. The van der Waals surface area contributed by atoms with Gasteiger partial charge in [-0.25, -0.2) is 0 Å². The van der Waals surface area contributed by atoms with Gasteiger partial charge in [-0.15, -0.1) is 0 Å². The lowest BCUT2D eigenvalue weighted by molar-refractivity contribution is 0.650. The van der Waals surface area contributed by atoms with Gasteiger partial charge in [0.05, 0.1) is 6.07 Å². The Kier molecular flexibility index (Phi) is 6.00. The van der Waals surface area contributed by atoms with Gasteiger partial charge in [-0.05, 0) is 12.8 Å². The number of nitrogens with zero attached hydrogens (tertiary/aromatic N) is 1. The van der Waals surface area contributed by atoms with Crippen molar-refractivity contribution in [3.05, 3.63) is 0 Å². The highest BCUT2D eigenvalue weighted by molar-refractivity contribution is 7.86. The third-order valence-corrected chi connectivity index (χ3v) is 4.36. The summed E-state index contributed by atoms with van der Waals surface area (Å²) in [5.41, 5.74) is 0. The smallest absolute Gasteiger partial charge is 0.0634 e. The molecule has 0 saturated heterocycles. The first-order valence-corrected chi connectivity index (χ1v) is 5.71. The molecular formula is C9H17NOS. The van der Waals surface area contributed by atoms with Crippen LogP contribution < -0.4 is 0 Å². The largest absolute Gasteiger partial charge is 0.259 e. The highest BCUT2D eigenvalue weighted by atomic mass is 32.2. The monoisotopic (exact) mass is 187 g/mol. The minimum Gasteiger partial charge on any atom is -0.259 e. The van der Waals surface area contributed by atoms with Gasteiger partial charge in [0.15, 0.2) is 0 Å². The van der Waals surface area contributed by atoms with Crippen molar-refractivity contribution in [1.29, 1.82) is 5.26 Å². The molecule has 0 aliphatic carbocycles.